The molecule has 0 saturated heterocycles. The molecule has 0 unspecified atom stereocenters. The molecule has 0 aliphatic heterocycles. The summed E-state index contributed by atoms with van der Waals surface area (Å²) in [5.41, 5.74) is -0.674. The lowest BCUT2D eigenvalue weighted by Gasteiger charge is -2.17. The molecule has 1 aromatic heterocycles. The topological polar surface area (TPSA) is 116 Å². The van der Waals surface area contributed by atoms with Crippen LogP contribution in [0.4, 0.5) is 5.69 Å². The summed E-state index contributed by atoms with van der Waals surface area (Å²) in [5.74, 6) is -0.455. The highest BCUT2D eigenvalue weighted by Gasteiger charge is 2.19. The number of fused-ring (bicyclic) bond motifs is 1. The predicted molar refractivity (Wildman–Crippen MR) is 128 cm³/mol. The van der Waals surface area contributed by atoms with Crippen LogP contribution in [0.2, 0.25) is 5.02 Å². The number of nitro benzene ring substituents is 1. The maximum atomic E-state index is 13.4. The summed E-state index contributed by atoms with van der Waals surface area (Å²) in [6, 6.07) is 18.6. The van der Waals surface area contributed by atoms with Crippen LogP contribution in [0.5, 0.6) is 0 Å². The van der Waals surface area contributed by atoms with Crippen molar-refractivity contribution in [2.75, 3.05) is 0 Å². The first-order chi connectivity index (χ1) is 16.3. The van der Waals surface area contributed by atoms with Crippen molar-refractivity contribution >= 4 is 34.1 Å². The largest absolute Gasteiger partial charge is 0.348 e. The smallest absolute Gasteiger partial charge is 0.336 e. The third-order valence-electron chi connectivity index (χ3n) is 5.38. The maximum absolute atomic E-state index is 13.4. The van der Waals surface area contributed by atoms with E-state index in [2.05, 4.69) is 5.32 Å². The van der Waals surface area contributed by atoms with E-state index in [-0.39, 0.29) is 39.9 Å². The molecule has 0 aliphatic rings. The molecule has 1 N–H and O–H groups in total. The minimum Gasteiger partial charge on any atom is -0.348 e. The Morgan fingerprint density at radius 3 is 2.50 bits per heavy atom. The van der Waals surface area contributed by atoms with Crippen LogP contribution in [0.1, 0.15) is 18.5 Å². The summed E-state index contributed by atoms with van der Waals surface area (Å²) < 4.78 is 1.95. The Morgan fingerprint density at radius 1 is 1.06 bits per heavy atom. The second-order valence-electron chi connectivity index (χ2n) is 7.65. The summed E-state index contributed by atoms with van der Waals surface area (Å²) in [4.78, 5) is 50.1. The molecule has 34 heavy (non-hydrogen) atoms. The molecule has 4 rings (SSSR count). The molecule has 0 radical (unpaired) electrons. The molecule has 0 bridgehead atoms. The number of benzene rings is 3. The third kappa shape index (κ3) is 4.46. The van der Waals surface area contributed by atoms with Crippen LogP contribution in [-0.4, -0.2) is 20.0 Å². The average molecular weight is 479 g/mol. The number of aromatic nitrogens is 2. The van der Waals surface area contributed by atoms with Gasteiger partial charge in [-0.2, -0.15) is 0 Å². The minimum absolute atomic E-state index is 0.0212. The van der Waals surface area contributed by atoms with Gasteiger partial charge < -0.3 is 5.32 Å². The molecule has 1 heterocycles. The van der Waals surface area contributed by atoms with Gasteiger partial charge in [-0.15, -0.1) is 0 Å². The Hall–Kier alpha value is -4.24. The summed E-state index contributed by atoms with van der Waals surface area (Å²) in [6.45, 7) is 1.43. The van der Waals surface area contributed by atoms with Crippen molar-refractivity contribution in [3.8, 4) is 5.69 Å². The highest BCUT2D eigenvalue weighted by molar-refractivity contribution is 6.31. The van der Waals surface area contributed by atoms with E-state index in [0.717, 1.165) is 20.8 Å². The summed E-state index contributed by atoms with van der Waals surface area (Å²) in [7, 11) is 0. The second kappa shape index (κ2) is 9.32. The zero-order valence-electron chi connectivity index (χ0n) is 18.0. The zero-order valence-corrected chi connectivity index (χ0v) is 18.7. The zero-order chi connectivity index (χ0) is 24.4. The number of nitrogens with zero attached hydrogens (tertiary/aromatic N) is 3. The van der Waals surface area contributed by atoms with Crippen molar-refractivity contribution in [2.24, 2.45) is 0 Å². The van der Waals surface area contributed by atoms with Crippen molar-refractivity contribution in [3.05, 3.63) is 114 Å². The van der Waals surface area contributed by atoms with Crippen LogP contribution in [0, 0.1) is 10.1 Å². The number of carbonyl (C=O) groups excluding carboxylic acids is 1. The number of non-ortho nitro benzene ring substituents is 1. The van der Waals surface area contributed by atoms with Crippen molar-refractivity contribution in [2.45, 2.75) is 19.5 Å². The van der Waals surface area contributed by atoms with Crippen molar-refractivity contribution in [1.82, 2.24) is 14.5 Å². The Morgan fingerprint density at radius 2 is 1.79 bits per heavy atom. The van der Waals surface area contributed by atoms with E-state index in [0.29, 0.717) is 0 Å². The monoisotopic (exact) mass is 478 g/mol. The Bertz CT molecular complexity index is 1530. The Balaban J connectivity index is 1.83. The first-order valence-electron chi connectivity index (χ1n) is 10.3. The van der Waals surface area contributed by atoms with E-state index >= 15 is 0 Å². The molecule has 4 aromatic rings. The molecule has 172 valence electrons. The van der Waals surface area contributed by atoms with Crippen LogP contribution in [0.15, 0.2) is 82.4 Å². The number of rotatable bonds is 6. The van der Waals surface area contributed by atoms with Crippen molar-refractivity contribution in [1.29, 1.82) is 0 Å². The number of hydrogen-bond donors (Lipinski definition) is 1. The number of nitro groups is 1. The average Bonchev–Trinajstić information content (AvgIpc) is 2.82. The lowest BCUT2D eigenvalue weighted by atomic mass is 10.1. The first-order valence-corrected chi connectivity index (χ1v) is 10.7. The van der Waals surface area contributed by atoms with Gasteiger partial charge >= 0.3 is 5.69 Å². The molecule has 0 spiro atoms. The van der Waals surface area contributed by atoms with Crippen LogP contribution in [0.3, 0.4) is 0 Å². The summed E-state index contributed by atoms with van der Waals surface area (Å²) in [5, 5.41) is 14.5. The van der Waals surface area contributed by atoms with E-state index < -0.39 is 22.1 Å². The van der Waals surface area contributed by atoms with Crippen molar-refractivity contribution < 1.29 is 9.72 Å². The molecule has 3 aromatic carbocycles. The maximum Gasteiger partial charge on any atom is 0.336 e. The summed E-state index contributed by atoms with van der Waals surface area (Å²) >= 11 is 6.11. The van der Waals surface area contributed by atoms with E-state index in [1.54, 1.807) is 0 Å². The van der Waals surface area contributed by atoms with Crippen LogP contribution in [0.25, 0.3) is 16.6 Å². The Labute approximate surface area is 198 Å². The minimum atomic E-state index is -0.817. The molecule has 0 saturated carbocycles. The normalized spacial score (nSPS) is 11.8. The molecule has 1 amide bonds. The predicted octanol–water partition coefficient (Wildman–Crippen LogP) is 3.59. The highest BCUT2D eigenvalue weighted by atomic mass is 35.5. The number of halogens is 1. The Kier molecular flexibility index (Phi) is 6.29. The number of carbonyl (C=O) groups is 1. The molecular formula is C24H19ClN4O5. The fourth-order valence-corrected chi connectivity index (χ4v) is 3.89. The van der Waals surface area contributed by atoms with Gasteiger partial charge in [-0.25, -0.2) is 9.36 Å². The molecule has 0 aliphatic carbocycles. The van der Waals surface area contributed by atoms with Crippen LogP contribution < -0.4 is 16.6 Å². The fourth-order valence-electron chi connectivity index (χ4n) is 3.72. The standard InChI is InChI=1S/C24H19ClN4O5/c1-15(16-6-3-2-4-7-16)26-22(30)14-27-21-12-17(25)10-11-20(21)23(31)28(24(27)32)18-8-5-9-19(13-18)29(33)34/h2-13,15H,14H2,1H3,(H,26,30)/t15-/m0/s1. The molecule has 0 fully saturated rings. The SMILES string of the molecule is C[C@H](NC(=O)Cn1c(=O)n(-c2cccc([N+](=O)[O-])c2)c(=O)c2ccc(Cl)cc21)c1ccccc1. The van der Waals surface area contributed by atoms with Gasteiger partial charge in [-0.1, -0.05) is 48.0 Å². The first kappa shape index (κ1) is 22.9. The third-order valence-corrected chi connectivity index (χ3v) is 5.62. The van der Waals surface area contributed by atoms with E-state index in [1.807, 2.05) is 37.3 Å². The second-order valence-corrected chi connectivity index (χ2v) is 8.08. The highest BCUT2D eigenvalue weighted by Crippen LogP contribution is 2.19. The lowest BCUT2D eigenvalue weighted by molar-refractivity contribution is -0.384. The number of amides is 1. The van der Waals surface area contributed by atoms with Gasteiger partial charge in [0.25, 0.3) is 11.2 Å². The molecule has 10 heteroatoms. The van der Waals surface area contributed by atoms with E-state index in [1.165, 1.54) is 36.4 Å². The summed E-state index contributed by atoms with van der Waals surface area (Å²) in [6.07, 6.45) is 0. The lowest BCUT2D eigenvalue weighted by Crippen LogP contribution is -2.42. The fraction of sp³-hybridized carbons (Fsp3) is 0.125. The number of hydrogen-bond acceptors (Lipinski definition) is 5. The number of nitrogens with one attached hydrogen (secondary N) is 1. The van der Waals surface area contributed by atoms with Gasteiger partial charge in [0.15, 0.2) is 0 Å². The van der Waals surface area contributed by atoms with Gasteiger partial charge in [0.05, 0.1) is 27.6 Å². The van der Waals surface area contributed by atoms with Gasteiger partial charge in [-0.05, 0) is 36.8 Å². The van der Waals surface area contributed by atoms with Gasteiger partial charge in [0, 0.05) is 17.2 Å². The van der Waals surface area contributed by atoms with Crippen LogP contribution >= 0.6 is 11.6 Å². The van der Waals surface area contributed by atoms with Gasteiger partial charge in [0.1, 0.15) is 6.54 Å². The quantitative estimate of drug-likeness (QED) is 0.336. The van der Waals surface area contributed by atoms with Gasteiger partial charge in [-0.3, -0.25) is 24.3 Å². The van der Waals surface area contributed by atoms with Crippen molar-refractivity contribution in [3.63, 3.8) is 0 Å². The van der Waals surface area contributed by atoms with E-state index in [9.17, 15) is 24.5 Å². The molecule has 1 atom stereocenters. The van der Waals surface area contributed by atoms with Crippen LogP contribution in [-0.2, 0) is 11.3 Å². The molecule has 9 nitrogen and oxygen atoms in total. The van der Waals surface area contributed by atoms with E-state index in [4.69, 9.17) is 11.6 Å². The molecular weight excluding hydrogens is 460 g/mol. The van der Waals surface area contributed by atoms with Gasteiger partial charge in [0.2, 0.25) is 5.91 Å².